The smallest absolute Gasteiger partial charge is 0.0839 e. The summed E-state index contributed by atoms with van der Waals surface area (Å²) in [5.74, 6) is 0. The van der Waals surface area contributed by atoms with Gasteiger partial charge in [0.1, 0.15) is 0 Å². The maximum atomic E-state index is 9.79. The average molecular weight is 285 g/mol. The maximum absolute atomic E-state index is 9.79. The molecule has 0 aliphatic carbocycles. The standard InChI is InChI=1S/C12H17BrN2O/c1-9-6-14-7-12(16)8-15(9)11-4-2-3-10(13)5-11/h2-5,9,12,14,16H,6-8H2,1H3. The first-order valence-electron chi connectivity index (χ1n) is 5.58. The first kappa shape index (κ1) is 11.9. The molecule has 2 unspecified atom stereocenters. The quantitative estimate of drug-likeness (QED) is 0.823. The minimum Gasteiger partial charge on any atom is -0.390 e. The molecule has 1 fully saturated rings. The Hall–Kier alpha value is -0.580. The van der Waals surface area contributed by atoms with Crippen molar-refractivity contribution in [3.63, 3.8) is 0 Å². The molecule has 0 saturated carbocycles. The lowest BCUT2D eigenvalue weighted by molar-refractivity contribution is 0.184. The molecule has 0 amide bonds. The molecule has 1 heterocycles. The fraction of sp³-hybridized carbons (Fsp3) is 0.500. The van der Waals surface area contributed by atoms with E-state index in [0.717, 1.165) is 16.7 Å². The maximum Gasteiger partial charge on any atom is 0.0839 e. The number of aliphatic hydroxyl groups excluding tert-OH is 1. The Kier molecular flexibility index (Phi) is 3.84. The third-order valence-corrected chi connectivity index (χ3v) is 3.39. The molecule has 1 aromatic carbocycles. The Morgan fingerprint density at radius 3 is 3.00 bits per heavy atom. The van der Waals surface area contributed by atoms with Crippen molar-refractivity contribution in [3.05, 3.63) is 28.7 Å². The molecular formula is C12H17BrN2O. The van der Waals surface area contributed by atoms with Crippen molar-refractivity contribution < 1.29 is 5.11 Å². The predicted octanol–water partition coefficient (Wildman–Crippen LogP) is 1.61. The monoisotopic (exact) mass is 284 g/mol. The number of rotatable bonds is 1. The summed E-state index contributed by atoms with van der Waals surface area (Å²) in [6, 6.07) is 8.61. The van der Waals surface area contributed by atoms with Crippen LogP contribution in [-0.4, -0.2) is 36.9 Å². The number of benzene rings is 1. The van der Waals surface area contributed by atoms with E-state index in [4.69, 9.17) is 0 Å². The Labute approximate surface area is 105 Å². The molecule has 2 rings (SSSR count). The second-order valence-corrected chi connectivity index (χ2v) is 5.21. The van der Waals surface area contributed by atoms with E-state index in [2.05, 4.69) is 45.2 Å². The Morgan fingerprint density at radius 2 is 2.25 bits per heavy atom. The number of halogens is 1. The third kappa shape index (κ3) is 2.75. The minimum absolute atomic E-state index is 0.302. The highest BCUT2D eigenvalue weighted by Gasteiger charge is 2.21. The number of hydrogen-bond donors (Lipinski definition) is 2. The van der Waals surface area contributed by atoms with Crippen molar-refractivity contribution in [2.24, 2.45) is 0 Å². The largest absolute Gasteiger partial charge is 0.390 e. The van der Waals surface area contributed by atoms with Crippen molar-refractivity contribution in [3.8, 4) is 0 Å². The molecule has 0 radical (unpaired) electrons. The highest BCUT2D eigenvalue weighted by molar-refractivity contribution is 9.10. The summed E-state index contributed by atoms with van der Waals surface area (Å²) in [7, 11) is 0. The van der Waals surface area contributed by atoms with Crippen LogP contribution in [0.15, 0.2) is 28.7 Å². The van der Waals surface area contributed by atoms with Gasteiger partial charge in [0.25, 0.3) is 0 Å². The molecule has 4 heteroatoms. The second-order valence-electron chi connectivity index (χ2n) is 4.29. The highest BCUT2D eigenvalue weighted by Crippen LogP contribution is 2.22. The van der Waals surface area contributed by atoms with Gasteiger partial charge < -0.3 is 15.3 Å². The van der Waals surface area contributed by atoms with Crippen LogP contribution in [0.25, 0.3) is 0 Å². The van der Waals surface area contributed by atoms with Gasteiger partial charge in [-0.3, -0.25) is 0 Å². The highest BCUT2D eigenvalue weighted by atomic mass is 79.9. The summed E-state index contributed by atoms with van der Waals surface area (Å²) in [6.07, 6.45) is -0.302. The van der Waals surface area contributed by atoms with Crippen LogP contribution < -0.4 is 10.2 Å². The molecule has 0 spiro atoms. The number of aliphatic hydroxyl groups is 1. The van der Waals surface area contributed by atoms with Gasteiger partial charge in [-0.25, -0.2) is 0 Å². The van der Waals surface area contributed by atoms with Gasteiger partial charge in [0.05, 0.1) is 6.10 Å². The van der Waals surface area contributed by atoms with E-state index in [9.17, 15) is 5.11 Å². The topological polar surface area (TPSA) is 35.5 Å². The van der Waals surface area contributed by atoms with Gasteiger partial charge in [-0.1, -0.05) is 22.0 Å². The van der Waals surface area contributed by atoms with Crippen molar-refractivity contribution in [1.82, 2.24) is 5.32 Å². The normalized spacial score (nSPS) is 26.6. The van der Waals surface area contributed by atoms with Gasteiger partial charge in [-0.15, -0.1) is 0 Å². The average Bonchev–Trinajstić information content (AvgIpc) is 2.41. The van der Waals surface area contributed by atoms with E-state index in [1.807, 2.05) is 12.1 Å². The van der Waals surface area contributed by atoms with Crippen LogP contribution in [0, 0.1) is 0 Å². The molecule has 1 aromatic rings. The van der Waals surface area contributed by atoms with Gasteiger partial charge in [-0.05, 0) is 25.1 Å². The van der Waals surface area contributed by atoms with Crippen LogP contribution in [0.1, 0.15) is 6.92 Å². The van der Waals surface area contributed by atoms with Crippen LogP contribution in [0.2, 0.25) is 0 Å². The second kappa shape index (κ2) is 5.17. The van der Waals surface area contributed by atoms with E-state index >= 15 is 0 Å². The fourth-order valence-electron chi connectivity index (χ4n) is 2.06. The van der Waals surface area contributed by atoms with Crippen LogP contribution in [-0.2, 0) is 0 Å². The Bertz CT molecular complexity index is 359. The van der Waals surface area contributed by atoms with Crippen LogP contribution in [0.5, 0.6) is 0 Å². The number of nitrogens with zero attached hydrogens (tertiary/aromatic N) is 1. The molecule has 0 aromatic heterocycles. The Morgan fingerprint density at radius 1 is 1.44 bits per heavy atom. The first-order chi connectivity index (χ1) is 7.66. The number of hydrogen-bond acceptors (Lipinski definition) is 3. The predicted molar refractivity (Wildman–Crippen MR) is 69.8 cm³/mol. The summed E-state index contributed by atoms with van der Waals surface area (Å²) in [5.41, 5.74) is 1.16. The molecule has 1 aliphatic rings. The van der Waals surface area contributed by atoms with E-state index in [0.29, 0.717) is 19.1 Å². The lowest BCUT2D eigenvalue weighted by atomic mass is 10.2. The summed E-state index contributed by atoms with van der Waals surface area (Å²) < 4.78 is 1.07. The molecule has 3 nitrogen and oxygen atoms in total. The van der Waals surface area contributed by atoms with Gasteiger partial charge in [0.15, 0.2) is 0 Å². The zero-order chi connectivity index (χ0) is 11.5. The molecule has 1 aliphatic heterocycles. The molecule has 2 N–H and O–H groups in total. The third-order valence-electron chi connectivity index (χ3n) is 2.90. The van der Waals surface area contributed by atoms with Gasteiger partial charge >= 0.3 is 0 Å². The lowest BCUT2D eigenvalue weighted by Crippen LogP contribution is -2.39. The number of β-amino-alcohol motifs (C(OH)–C–C–N with tert-alkyl or cyclic N) is 1. The van der Waals surface area contributed by atoms with Crippen LogP contribution in [0.3, 0.4) is 0 Å². The zero-order valence-corrected chi connectivity index (χ0v) is 10.9. The van der Waals surface area contributed by atoms with Crippen molar-refractivity contribution in [1.29, 1.82) is 0 Å². The fourth-order valence-corrected chi connectivity index (χ4v) is 2.44. The summed E-state index contributed by atoms with van der Waals surface area (Å²) in [6.45, 7) is 4.44. The van der Waals surface area contributed by atoms with Crippen LogP contribution >= 0.6 is 15.9 Å². The number of nitrogens with one attached hydrogen (secondary N) is 1. The van der Waals surface area contributed by atoms with Gasteiger partial charge in [-0.2, -0.15) is 0 Å². The van der Waals surface area contributed by atoms with Crippen molar-refractivity contribution >= 4 is 21.6 Å². The molecule has 1 saturated heterocycles. The van der Waals surface area contributed by atoms with Crippen LogP contribution in [0.4, 0.5) is 5.69 Å². The summed E-state index contributed by atoms with van der Waals surface area (Å²) in [5, 5.41) is 13.0. The molecule has 2 atom stereocenters. The Balaban J connectivity index is 2.22. The molecule has 16 heavy (non-hydrogen) atoms. The van der Waals surface area contributed by atoms with Crippen molar-refractivity contribution in [2.45, 2.75) is 19.1 Å². The summed E-state index contributed by atoms with van der Waals surface area (Å²) in [4.78, 5) is 2.25. The van der Waals surface area contributed by atoms with E-state index < -0.39 is 0 Å². The van der Waals surface area contributed by atoms with E-state index in [1.54, 1.807) is 0 Å². The molecular weight excluding hydrogens is 268 g/mol. The molecule has 0 bridgehead atoms. The zero-order valence-electron chi connectivity index (χ0n) is 9.36. The van der Waals surface area contributed by atoms with E-state index in [-0.39, 0.29) is 6.10 Å². The van der Waals surface area contributed by atoms with E-state index in [1.165, 1.54) is 0 Å². The lowest BCUT2D eigenvalue weighted by Gasteiger charge is -2.30. The van der Waals surface area contributed by atoms with Gasteiger partial charge in [0, 0.05) is 35.8 Å². The van der Waals surface area contributed by atoms with Crippen molar-refractivity contribution in [2.75, 3.05) is 24.5 Å². The summed E-state index contributed by atoms with van der Waals surface area (Å²) >= 11 is 3.48. The SMILES string of the molecule is CC1CNCC(O)CN1c1cccc(Br)c1. The van der Waals surface area contributed by atoms with Gasteiger partial charge in [0.2, 0.25) is 0 Å². The first-order valence-corrected chi connectivity index (χ1v) is 6.37. The number of anilines is 1. The minimum atomic E-state index is -0.302. The molecule has 88 valence electrons.